The quantitative estimate of drug-likeness (QED) is 0.801. The maximum Gasteiger partial charge on any atom is 0.0411 e. The van der Waals surface area contributed by atoms with Crippen LogP contribution in [0, 0.1) is 5.92 Å². The van der Waals surface area contributed by atoms with Crippen LogP contribution in [0.1, 0.15) is 52.5 Å². The van der Waals surface area contributed by atoms with Crippen LogP contribution in [-0.2, 0) is 6.54 Å². The lowest BCUT2D eigenvalue weighted by atomic mass is 10.1. The molecule has 2 heteroatoms. The molecule has 0 unspecified atom stereocenters. The monoisotopic (exact) mass is 274 g/mol. The minimum atomic E-state index is 0.166. The molecule has 20 heavy (non-hydrogen) atoms. The molecule has 0 aromatic heterocycles. The normalized spacial score (nSPS) is 15.4. The van der Waals surface area contributed by atoms with E-state index >= 15 is 0 Å². The van der Waals surface area contributed by atoms with Crippen LogP contribution >= 0.6 is 0 Å². The van der Waals surface area contributed by atoms with Gasteiger partial charge in [-0.25, -0.2) is 0 Å². The van der Waals surface area contributed by atoms with Gasteiger partial charge in [-0.2, -0.15) is 0 Å². The van der Waals surface area contributed by atoms with Crippen molar-refractivity contribution in [3.8, 4) is 0 Å². The Morgan fingerprint density at radius 3 is 2.50 bits per heavy atom. The van der Waals surface area contributed by atoms with Crippen LogP contribution in [-0.4, -0.2) is 18.6 Å². The maximum absolute atomic E-state index is 3.62. The van der Waals surface area contributed by atoms with Gasteiger partial charge in [0.1, 0.15) is 0 Å². The van der Waals surface area contributed by atoms with Crippen LogP contribution in [0.15, 0.2) is 24.3 Å². The van der Waals surface area contributed by atoms with Crippen LogP contribution < -0.4 is 10.2 Å². The summed E-state index contributed by atoms with van der Waals surface area (Å²) in [5.41, 5.74) is 3.02. The fourth-order valence-corrected chi connectivity index (χ4v) is 2.52. The number of nitrogens with one attached hydrogen (secondary N) is 1. The number of para-hydroxylation sites is 1. The molecule has 1 N–H and O–H groups in total. The van der Waals surface area contributed by atoms with Gasteiger partial charge in [-0.05, 0) is 57.6 Å². The predicted molar refractivity (Wildman–Crippen MR) is 88.3 cm³/mol. The van der Waals surface area contributed by atoms with Crippen molar-refractivity contribution in [2.24, 2.45) is 5.92 Å². The number of nitrogens with zero attached hydrogens (tertiary/aromatic N) is 1. The summed E-state index contributed by atoms with van der Waals surface area (Å²) in [4.78, 5) is 2.59. The molecule has 2 rings (SSSR count). The predicted octanol–water partition coefficient (Wildman–Crippen LogP) is 4.20. The molecule has 1 aromatic carbocycles. The fraction of sp³-hybridized carbons (Fsp3) is 0.667. The first-order valence-corrected chi connectivity index (χ1v) is 8.07. The molecule has 1 fully saturated rings. The van der Waals surface area contributed by atoms with E-state index in [1.165, 1.54) is 43.6 Å². The second-order valence-corrected chi connectivity index (χ2v) is 7.12. The van der Waals surface area contributed by atoms with Crippen LogP contribution in [0.25, 0.3) is 0 Å². The fourth-order valence-electron chi connectivity index (χ4n) is 2.52. The Balaban J connectivity index is 2.10. The van der Waals surface area contributed by atoms with E-state index in [0.29, 0.717) is 0 Å². The van der Waals surface area contributed by atoms with Gasteiger partial charge < -0.3 is 10.2 Å². The molecular formula is C18H30N2. The van der Waals surface area contributed by atoms with Gasteiger partial charge in [0, 0.05) is 30.9 Å². The van der Waals surface area contributed by atoms with E-state index in [0.717, 1.165) is 12.5 Å². The molecule has 1 aliphatic rings. The molecule has 0 heterocycles. The number of benzene rings is 1. The van der Waals surface area contributed by atoms with Crippen LogP contribution in [0.2, 0.25) is 0 Å². The average molecular weight is 274 g/mol. The summed E-state index contributed by atoms with van der Waals surface area (Å²) in [7, 11) is 0. The molecule has 0 amide bonds. The Labute approximate surface area is 124 Å². The molecule has 0 aliphatic heterocycles. The molecule has 1 saturated carbocycles. The summed E-state index contributed by atoms with van der Waals surface area (Å²) in [5.74, 6) is 0.935. The van der Waals surface area contributed by atoms with Crippen molar-refractivity contribution in [2.75, 3.05) is 18.0 Å². The Kier molecular flexibility index (Phi) is 5.09. The molecular weight excluding hydrogens is 244 g/mol. The summed E-state index contributed by atoms with van der Waals surface area (Å²) >= 11 is 0. The van der Waals surface area contributed by atoms with E-state index in [-0.39, 0.29) is 5.54 Å². The Morgan fingerprint density at radius 1 is 1.20 bits per heavy atom. The average Bonchev–Trinajstić information content (AvgIpc) is 3.19. The minimum Gasteiger partial charge on any atom is -0.371 e. The zero-order valence-electron chi connectivity index (χ0n) is 13.6. The van der Waals surface area contributed by atoms with Gasteiger partial charge in [-0.3, -0.25) is 0 Å². The molecule has 0 atom stereocenters. The third kappa shape index (κ3) is 4.82. The highest BCUT2D eigenvalue weighted by Gasteiger charge is 2.25. The standard InChI is InChI=1S/C18H30N2/c1-5-12-20(14-15-10-11-15)17-9-7-6-8-16(17)13-19-18(2,3)4/h6-9,15,19H,5,10-14H2,1-4H3. The van der Waals surface area contributed by atoms with Gasteiger partial charge in [0.05, 0.1) is 0 Å². The number of rotatable bonds is 7. The topological polar surface area (TPSA) is 15.3 Å². The van der Waals surface area contributed by atoms with Crippen molar-refractivity contribution in [1.82, 2.24) is 5.32 Å². The minimum absolute atomic E-state index is 0.166. The maximum atomic E-state index is 3.62. The summed E-state index contributed by atoms with van der Waals surface area (Å²) in [6.07, 6.45) is 4.05. The Morgan fingerprint density at radius 2 is 1.90 bits per heavy atom. The van der Waals surface area contributed by atoms with Crippen LogP contribution in [0.4, 0.5) is 5.69 Å². The number of hydrogen-bond acceptors (Lipinski definition) is 2. The molecule has 112 valence electrons. The lowest BCUT2D eigenvalue weighted by molar-refractivity contribution is 0.424. The Bertz CT molecular complexity index is 416. The molecule has 0 radical (unpaired) electrons. The van der Waals surface area contributed by atoms with Gasteiger partial charge in [0.25, 0.3) is 0 Å². The highest BCUT2D eigenvalue weighted by atomic mass is 15.1. The number of anilines is 1. The number of hydrogen-bond donors (Lipinski definition) is 1. The first kappa shape index (κ1) is 15.4. The molecule has 1 aliphatic carbocycles. The lowest BCUT2D eigenvalue weighted by Crippen LogP contribution is -2.36. The highest BCUT2D eigenvalue weighted by molar-refractivity contribution is 5.53. The molecule has 0 bridgehead atoms. The van der Waals surface area contributed by atoms with E-state index in [2.05, 4.69) is 62.2 Å². The van der Waals surface area contributed by atoms with E-state index in [1.54, 1.807) is 0 Å². The van der Waals surface area contributed by atoms with Crippen molar-refractivity contribution >= 4 is 5.69 Å². The Hall–Kier alpha value is -1.02. The lowest BCUT2D eigenvalue weighted by Gasteiger charge is -2.28. The zero-order chi connectivity index (χ0) is 14.6. The largest absolute Gasteiger partial charge is 0.371 e. The summed E-state index contributed by atoms with van der Waals surface area (Å²) in [5, 5.41) is 3.62. The van der Waals surface area contributed by atoms with E-state index < -0.39 is 0 Å². The molecule has 2 nitrogen and oxygen atoms in total. The first-order valence-electron chi connectivity index (χ1n) is 8.07. The van der Waals surface area contributed by atoms with Gasteiger partial charge in [-0.15, -0.1) is 0 Å². The summed E-state index contributed by atoms with van der Waals surface area (Å²) in [6.45, 7) is 12.3. The van der Waals surface area contributed by atoms with Gasteiger partial charge in [0.2, 0.25) is 0 Å². The van der Waals surface area contributed by atoms with Gasteiger partial charge in [-0.1, -0.05) is 25.1 Å². The highest BCUT2D eigenvalue weighted by Crippen LogP contribution is 2.32. The van der Waals surface area contributed by atoms with E-state index in [9.17, 15) is 0 Å². The summed E-state index contributed by atoms with van der Waals surface area (Å²) in [6, 6.07) is 8.89. The zero-order valence-corrected chi connectivity index (χ0v) is 13.6. The SMILES string of the molecule is CCCN(CC1CC1)c1ccccc1CNC(C)(C)C. The first-order chi connectivity index (χ1) is 9.49. The summed E-state index contributed by atoms with van der Waals surface area (Å²) < 4.78 is 0. The van der Waals surface area contributed by atoms with Crippen molar-refractivity contribution < 1.29 is 0 Å². The van der Waals surface area contributed by atoms with Crippen LogP contribution in [0.3, 0.4) is 0 Å². The van der Waals surface area contributed by atoms with Crippen LogP contribution in [0.5, 0.6) is 0 Å². The molecule has 1 aromatic rings. The van der Waals surface area contributed by atoms with E-state index in [4.69, 9.17) is 0 Å². The van der Waals surface area contributed by atoms with Crippen molar-refractivity contribution in [1.29, 1.82) is 0 Å². The molecule has 0 saturated heterocycles. The third-order valence-electron chi connectivity index (χ3n) is 3.81. The van der Waals surface area contributed by atoms with Crippen molar-refractivity contribution in [3.63, 3.8) is 0 Å². The van der Waals surface area contributed by atoms with Gasteiger partial charge >= 0.3 is 0 Å². The second-order valence-electron chi connectivity index (χ2n) is 7.12. The van der Waals surface area contributed by atoms with E-state index in [1.807, 2.05) is 0 Å². The smallest absolute Gasteiger partial charge is 0.0411 e. The third-order valence-corrected chi connectivity index (χ3v) is 3.81. The van der Waals surface area contributed by atoms with Crippen molar-refractivity contribution in [3.05, 3.63) is 29.8 Å². The van der Waals surface area contributed by atoms with Crippen molar-refractivity contribution in [2.45, 2.75) is 59.0 Å². The van der Waals surface area contributed by atoms with Gasteiger partial charge in [0.15, 0.2) is 0 Å². The molecule has 0 spiro atoms. The second kappa shape index (κ2) is 6.62.